The molecule has 2 heterocycles. The lowest BCUT2D eigenvalue weighted by Crippen LogP contribution is -2.24. The number of ketones is 1. The quantitative estimate of drug-likeness (QED) is 0.0878. The summed E-state index contributed by atoms with van der Waals surface area (Å²) in [7, 11) is 1.63. The van der Waals surface area contributed by atoms with E-state index in [0.717, 1.165) is 70.0 Å². The first-order chi connectivity index (χ1) is 28.1. The Morgan fingerprint density at radius 3 is 2.72 bits per heavy atom. The Bertz CT molecular complexity index is 2280. The van der Waals surface area contributed by atoms with Crippen LogP contribution in [0.5, 0.6) is 17.2 Å². The second-order valence-corrected chi connectivity index (χ2v) is 16.1. The van der Waals surface area contributed by atoms with E-state index in [9.17, 15) is 20.1 Å². The fourth-order valence-electron chi connectivity index (χ4n) is 8.51. The molecule has 2 aliphatic heterocycles. The van der Waals surface area contributed by atoms with Crippen molar-refractivity contribution in [1.29, 1.82) is 0 Å². The number of rotatable bonds is 11. The van der Waals surface area contributed by atoms with Crippen LogP contribution in [0.1, 0.15) is 91.7 Å². The van der Waals surface area contributed by atoms with Gasteiger partial charge in [-0.25, -0.2) is 0 Å². The Morgan fingerprint density at radius 1 is 1.00 bits per heavy atom. The Labute approximate surface area is 342 Å². The maximum Gasteiger partial charge on any atom is 0.161 e. The third kappa shape index (κ3) is 9.89. The zero-order valence-corrected chi connectivity index (χ0v) is 33.8. The normalized spacial score (nSPS) is 20.8. The summed E-state index contributed by atoms with van der Waals surface area (Å²) >= 11 is 0. The molecule has 5 atom stereocenters. The van der Waals surface area contributed by atoms with Gasteiger partial charge in [0, 0.05) is 43.0 Å². The Hall–Kier alpha value is -5.65. The number of allylic oxidation sites excluding steroid dienone is 4. The van der Waals surface area contributed by atoms with Crippen molar-refractivity contribution in [2.75, 3.05) is 19.0 Å². The average molecular weight is 782 g/mol. The summed E-state index contributed by atoms with van der Waals surface area (Å²) in [5.74, 6) is 5.18. The highest BCUT2D eigenvalue weighted by atomic mass is 16.5. The molecule has 0 amide bonds. The van der Waals surface area contributed by atoms with Gasteiger partial charge in [0.05, 0.1) is 13.2 Å². The van der Waals surface area contributed by atoms with Crippen LogP contribution in [0.3, 0.4) is 0 Å². The third-order valence-electron chi connectivity index (χ3n) is 11.7. The second kappa shape index (κ2) is 18.7. The number of aromatic hydroxyl groups is 1. The van der Waals surface area contributed by atoms with E-state index < -0.39 is 12.2 Å². The number of phenolic OH excluding ortho intramolecular Hbond substituents is 1. The topological polar surface area (TPSA) is 117 Å². The predicted molar refractivity (Wildman–Crippen MR) is 230 cm³/mol. The van der Waals surface area contributed by atoms with Crippen LogP contribution in [0.25, 0.3) is 16.8 Å². The lowest BCUT2D eigenvalue weighted by molar-refractivity contribution is -0.121. The van der Waals surface area contributed by atoms with Crippen LogP contribution < -0.4 is 14.8 Å². The first kappa shape index (κ1) is 40.5. The van der Waals surface area contributed by atoms with Gasteiger partial charge in [-0.2, -0.15) is 0 Å². The van der Waals surface area contributed by atoms with E-state index in [1.165, 1.54) is 5.56 Å². The number of aliphatic hydroxyl groups is 2. The number of aryl methyl sites for hydroxylation is 2. The molecule has 302 valence electrons. The summed E-state index contributed by atoms with van der Waals surface area (Å²) in [5.41, 5.74) is 7.12. The molecule has 0 saturated heterocycles. The second-order valence-electron chi connectivity index (χ2n) is 16.1. The molecule has 6 bridgehead atoms. The highest BCUT2D eigenvalue weighted by molar-refractivity contribution is 6.00. The number of benzene rings is 4. The number of fused-ring (bicyclic) bond motifs is 9. The van der Waals surface area contributed by atoms with Gasteiger partial charge in [0.15, 0.2) is 11.5 Å². The largest absolute Gasteiger partial charge is 0.508 e. The van der Waals surface area contributed by atoms with Crippen LogP contribution in [0.4, 0.5) is 5.69 Å². The van der Waals surface area contributed by atoms with E-state index in [4.69, 9.17) is 14.2 Å². The number of aliphatic hydroxyl groups excluding tert-OH is 2. The molecular formula is C50H55NO7. The molecular weight excluding hydrogens is 727 g/mol. The van der Waals surface area contributed by atoms with Crippen LogP contribution in [-0.4, -0.2) is 47.0 Å². The number of hydrogen-bond acceptors (Lipinski definition) is 8. The fourth-order valence-corrected chi connectivity index (χ4v) is 8.51. The number of Topliss-reactive ketones (excluding diaryl/α,β-unsaturated/α-hetero) is 1. The average Bonchev–Trinajstić information content (AvgIpc) is 3.21. The highest BCUT2D eigenvalue weighted by Crippen LogP contribution is 2.42. The Kier molecular flexibility index (Phi) is 13.1. The summed E-state index contributed by atoms with van der Waals surface area (Å²) in [4.78, 5) is 13.6. The minimum atomic E-state index is -0.491. The first-order valence-electron chi connectivity index (χ1n) is 20.7. The molecule has 4 N–H and O–H groups in total. The molecule has 4 aromatic rings. The van der Waals surface area contributed by atoms with Gasteiger partial charge in [-0.15, -0.1) is 0 Å². The number of phenols is 1. The predicted octanol–water partition coefficient (Wildman–Crippen LogP) is 9.90. The molecule has 0 aromatic heterocycles. The van der Waals surface area contributed by atoms with Crippen molar-refractivity contribution in [2.45, 2.75) is 96.4 Å². The summed E-state index contributed by atoms with van der Waals surface area (Å²) in [6, 6.07) is 20.1. The number of ether oxygens (including phenoxy) is 3. The molecule has 0 fully saturated rings. The van der Waals surface area contributed by atoms with Crippen LogP contribution in [0.15, 0.2) is 90.7 Å². The number of carbonyl (C=O) groups excluding carboxylic acids is 1. The SMILES string of the molecule is COc1ccc2cc1OCc1ccc3c(c(O)cc4c3c1C=C[C@H]4C)CC#CO[C@@H](C[C@@H]1C=C(O)C=C[C@H]1CCCCc1cccc(NC[C@H](C)O)c1)CC(=O)CC2. The number of nitrogens with one attached hydrogen (secondary N) is 1. The van der Waals surface area contributed by atoms with Gasteiger partial charge < -0.3 is 34.8 Å². The third-order valence-corrected chi connectivity index (χ3v) is 11.7. The molecule has 8 heteroatoms. The van der Waals surface area contributed by atoms with Gasteiger partial charge in [0.2, 0.25) is 0 Å². The van der Waals surface area contributed by atoms with Gasteiger partial charge in [-0.3, -0.25) is 4.79 Å². The van der Waals surface area contributed by atoms with Gasteiger partial charge in [0.1, 0.15) is 36.1 Å². The van der Waals surface area contributed by atoms with Crippen LogP contribution in [0, 0.1) is 23.9 Å². The van der Waals surface area contributed by atoms with E-state index in [2.05, 4.69) is 66.8 Å². The van der Waals surface area contributed by atoms with E-state index in [-0.39, 0.29) is 47.9 Å². The van der Waals surface area contributed by atoms with Crippen LogP contribution >= 0.6 is 0 Å². The summed E-state index contributed by atoms with van der Waals surface area (Å²) < 4.78 is 18.3. The van der Waals surface area contributed by atoms with Crippen molar-refractivity contribution in [1.82, 2.24) is 0 Å². The van der Waals surface area contributed by atoms with E-state index in [0.29, 0.717) is 43.9 Å². The van der Waals surface area contributed by atoms with Crippen molar-refractivity contribution in [3.63, 3.8) is 0 Å². The number of anilines is 1. The molecule has 2 aliphatic carbocycles. The van der Waals surface area contributed by atoms with Crippen molar-refractivity contribution in [3.8, 4) is 29.3 Å². The zero-order valence-electron chi connectivity index (χ0n) is 33.8. The summed E-state index contributed by atoms with van der Waals surface area (Å²) in [6.07, 6.45) is 17.8. The van der Waals surface area contributed by atoms with Crippen LogP contribution in [-0.2, 0) is 35.4 Å². The number of methoxy groups -OCH3 is 1. The lowest BCUT2D eigenvalue weighted by atomic mass is 9.80. The van der Waals surface area contributed by atoms with E-state index in [1.807, 2.05) is 42.5 Å². The molecule has 8 nitrogen and oxygen atoms in total. The first-order valence-corrected chi connectivity index (χ1v) is 20.7. The molecule has 4 aromatic carbocycles. The maximum absolute atomic E-state index is 13.6. The standard InChI is InChI=1S/C50H55NO7/c1-32-13-20-43-37-17-21-45-44(47(55)29-46(32)50(43)45)12-7-23-57-42(28-41(54)18-14-35-15-22-48(56-3)49(25-35)58-31-37)27-38-26-40(53)19-16-36(38)10-5-4-8-34-9-6-11-39(24-34)51-30-33(2)52/h6,9,11,13,15-17,19-22,24-26,29,32-33,36,38,42,51-53,55H,4-5,8,10,12,14,18,27-28,30-31H2,1-3H3/t32-,33+,36-,38+,42+/m1/s1. The molecule has 0 radical (unpaired) electrons. The van der Waals surface area contributed by atoms with Crippen molar-refractivity contribution in [3.05, 3.63) is 124 Å². The highest BCUT2D eigenvalue weighted by Gasteiger charge is 2.27. The van der Waals surface area contributed by atoms with Crippen molar-refractivity contribution in [2.24, 2.45) is 11.8 Å². The van der Waals surface area contributed by atoms with Gasteiger partial charge in [0.25, 0.3) is 0 Å². The molecule has 8 rings (SSSR count). The number of carbonyl (C=O) groups is 1. The van der Waals surface area contributed by atoms with Gasteiger partial charge in [-0.1, -0.05) is 67.8 Å². The van der Waals surface area contributed by atoms with E-state index >= 15 is 0 Å². The molecule has 58 heavy (non-hydrogen) atoms. The molecule has 0 spiro atoms. The minimum absolute atomic E-state index is 0.0331. The maximum atomic E-state index is 13.6. The van der Waals surface area contributed by atoms with Crippen molar-refractivity contribution >= 4 is 28.3 Å². The fraction of sp³-hybridized carbons (Fsp3) is 0.380. The Morgan fingerprint density at radius 2 is 1.88 bits per heavy atom. The smallest absolute Gasteiger partial charge is 0.161 e. The number of hydrogen-bond donors (Lipinski definition) is 4. The van der Waals surface area contributed by atoms with Crippen LogP contribution in [0.2, 0.25) is 0 Å². The molecule has 0 saturated carbocycles. The summed E-state index contributed by atoms with van der Waals surface area (Å²) in [5, 5.41) is 36.9. The molecule has 0 unspecified atom stereocenters. The minimum Gasteiger partial charge on any atom is -0.508 e. The molecule has 4 aliphatic rings. The zero-order chi connectivity index (χ0) is 40.6. The summed E-state index contributed by atoms with van der Waals surface area (Å²) in [6.45, 7) is 4.73. The van der Waals surface area contributed by atoms with Crippen molar-refractivity contribution < 1.29 is 34.3 Å². The van der Waals surface area contributed by atoms with Gasteiger partial charge in [-0.05, 0) is 132 Å². The monoisotopic (exact) mass is 781 g/mol. The Balaban J connectivity index is 1.11. The lowest BCUT2D eigenvalue weighted by Gasteiger charge is -2.28. The number of unbranched alkanes of at least 4 members (excludes halogenated alkanes) is 1. The van der Waals surface area contributed by atoms with Gasteiger partial charge >= 0.3 is 0 Å². The van der Waals surface area contributed by atoms with E-state index in [1.54, 1.807) is 20.1 Å².